The van der Waals surface area contributed by atoms with Gasteiger partial charge in [0, 0.05) is 16.9 Å². The van der Waals surface area contributed by atoms with E-state index in [0.29, 0.717) is 27.9 Å². The Bertz CT molecular complexity index is 956. The predicted molar refractivity (Wildman–Crippen MR) is 114 cm³/mol. The summed E-state index contributed by atoms with van der Waals surface area (Å²) < 4.78 is 10.9. The Labute approximate surface area is 169 Å². The molecule has 1 aliphatic rings. The molecule has 146 valence electrons. The molecule has 0 unspecified atom stereocenters. The van der Waals surface area contributed by atoms with Gasteiger partial charge in [0.15, 0.2) is 5.11 Å². The van der Waals surface area contributed by atoms with Crippen molar-refractivity contribution in [3.8, 4) is 11.5 Å². The fourth-order valence-corrected chi connectivity index (χ4v) is 3.47. The van der Waals surface area contributed by atoms with Gasteiger partial charge in [-0.1, -0.05) is 18.2 Å². The number of hydrogen-bond donors (Lipinski definition) is 3. The molecular weight excluding hydrogens is 374 g/mol. The minimum Gasteiger partial charge on any atom is -0.497 e. The molecular formula is C21H23N3O3S. The van der Waals surface area contributed by atoms with E-state index in [1.165, 1.54) is 0 Å². The molecule has 0 aromatic heterocycles. The van der Waals surface area contributed by atoms with Gasteiger partial charge in [0.1, 0.15) is 11.5 Å². The molecule has 6 nitrogen and oxygen atoms in total. The number of allylic oxidation sites excluding steroid dienone is 1. The van der Waals surface area contributed by atoms with E-state index in [0.717, 1.165) is 16.8 Å². The standard InChI is InChI=1S/C21H23N3O3S/c1-12-7-5-6-8-16(12)23-20(25)18-13(2)22-21(28)24-19(18)15-11-14(26-3)9-10-17(15)27-4/h5-11,19H,1-4H3,(H,23,25)(H2,22,24,28)/t19-/m0/s1. The van der Waals surface area contributed by atoms with Crippen LogP contribution in [0.25, 0.3) is 0 Å². The molecule has 3 N–H and O–H groups in total. The van der Waals surface area contributed by atoms with Gasteiger partial charge in [-0.15, -0.1) is 0 Å². The summed E-state index contributed by atoms with van der Waals surface area (Å²) in [5, 5.41) is 9.67. The summed E-state index contributed by atoms with van der Waals surface area (Å²) in [5.41, 5.74) is 3.72. The first-order valence-electron chi connectivity index (χ1n) is 8.81. The van der Waals surface area contributed by atoms with Gasteiger partial charge in [-0.05, 0) is 55.9 Å². The van der Waals surface area contributed by atoms with Crippen LogP contribution in [-0.2, 0) is 4.79 Å². The minimum absolute atomic E-state index is 0.218. The lowest BCUT2D eigenvalue weighted by molar-refractivity contribution is -0.113. The maximum absolute atomic E-state index is 13.2. The van der Waals surface area contributed by atoms with E-state index in [1.54, 1.807) is 14.2 Å². The smallest absolute Gasteiger partial charge is 0.255 e. The molecule has 0 aliphatic carbocycles. The van der Waals surface area contributed by atoms with Crippen molar-refractivity contribution in [3.05, 3.63) is 64.9 Å². The van der Waals surface area contributed by atoms with Crippen LogP contribution in [0.2, 0.25) is 0 Å². The second kappa shape index (κ2) is 8.31. The number of anilines is 1. The fourth-order valence-electron chi connectivity index (χ4n) is 3.20. The average molecular weight is 398 g/mol. The predicted octanol–water partition coefficient (Wildman–Crippen LogP) is 3.44. The first kappa shape index (κ1) is 19.7. The van der Waals surface area contributed by atoms with Crippen molar-refractivity contribution >= 4 is 28.9 Å². The van der Waals surface area contributed by atoms with Crippen LogP contribution in [0.3, 0.4) is 0 Å². The van der Waals surface area contributed by atoms with Crippen LogP contribution in [0.5, 0.6) is 11.5 Å². The van der Waals surface area contributed by atoms with Crippen molar-refractivity contribution in [2.45, 2.75) is 19.9 Å². The molecule has 0 spiro atoms. The average Bonchev–Trinajstić information content (AvgIpc) is 2.68. The second-order valence-corrected chi connectivity index (χ2v) is 6.86. The highest BCUT2D eigenvalue weighted by Crippen LogP contribution is 2.36. The van der Waals surface area contributed by atoms with Gasteiger partial charge in [0.2, 0.25) is 0 Å². The van der Waals surface area contributed by atoms with E-state index in [2.05, 4.69) is 16.0 Å². The number of ether oxygens (including phenoxy) is 2. The zero-order valence-corrected chi connectivity index (χ0v) is 17.1. The van der Waals surface area contributed by atoms with Crippen LogP contribution in [0.15, 0.2) is 53.7 Å². The van der Waals surface area contributed by atoms with Gasteiger partial charge in [-0.2, -0.15) is 0 Å². The third kappa shape index (κ3) is 3.94. The number of para-hydroxylation sites is 1. The third-order valence-electron chi connectivity index (χ3n) is 4.65. The lowest BCUT2D eigenvalue weighted by Gasteiger charge is -2.31. The molecule has 1 aliphatic heterocycles. The molecule has 1 heterocycles. The Kier molecular flexibility index (Phi) is 5.84. The minimum atomic E-state index is -0.484. The molecule has 28 heavy (non-hydrogen) atoms. The summed E-state index contributed by atoms with van der Waals surface area (Å²) in [4.78, 5) is 13.2. The van der Waals surface area contributed by atoms with Gasteiger partial charge in [0.25, 0.3) is 5.91 Å². The Hall–Kier alpha value is -3.06. The summed E-state index contributed by atoms with van der Waals surface area (Å²) in [5.74, 6) is 1.08. The number of nitrogens with one attached hydrogen (secondary N) is 3. The van der Waals surface area contributed by atoms with Crippen molar-refractivity contribution in [1.29, 1.82) is 0 Å². The van der Waals surface area contributed by atoms with Gasteiger partial charge < -0.3 is 25.4 Å². The van der Waals surface area contributed by atoms with Crippen molar-refractivity contribution in [3.63, 3.8) is 0 Å². The molecule has 0 saturated carbocycles. The molecule has 0 bridgehead atoms. The summed E-state index contributed by atoms with van der Waals surface area (Å²) in [6, 6.07) is 12.6. The van der Waals surface area contributed by atoms with E-state index < -0.39 is 6.04 Å². The molecule has 1 atom stereocenters. The zero-order valence-electron chi connectivity index (χ0n) is 16.3. The highest BCUT2D eigenvalue weighted by atomic mass is 32.1. The lowest BCUT2D eigenvalue weighted by atomic mass is 9.93. The van der Waals surface area contributed by atoms with Crippen molar-refractivity contribution in [1.82, 2.24) is 10.6 Å². The largest absolute Gasteiger partial charge is 0.497 e. The van der Waals surface area contributed by atoms with Crippen LogP contribution >= 0.6 is 12.2 Å². The number of benzene rings is 2. The topological polar surface area (TPSA) is 71.6 Å². The Balaban J connectivity index is 2.04. The van der Waals surface area contributed by atoms with E-state index in [-0.39, 0.29) is 5.91 Å². The molecule has 7 heteroatoms. The zero-order chi connectivity index (χ0) is 20.3. The maximum Gasteiger partial charge on any atom is 0.255 e. The lowest BCUT2D eigenvalue weighted by Crippen LogP contribution is -2.45. The molecule has 0 saturated heterocycles. The molecule has 2 aromatic rings. The van der Waals surface area contributed by atoms with E-state index in [9.17, 15) is 4.79 Å². The fraction of sp³-hybridized carbons (Fsp3) is 0.238. The molecule has 0 radical (unpaired) electrons. The number of rotatable bonds is 5. The number of hydrogen-bond acceptors (Lipinski definition) is 4. The first-order valence-corrected chi connectivity index (χ1v) is 9.22. The molecule has 3 rings (SSSR count). The first-order chi connectivity index (χ1) is 13.4. The summed E-state index contributed by atoms with van der Waals surface area (Å²) in [6.45, 7) is 3.78. The van der Waals surface area contributed by atoms with Crippen LogP contribution in [-0.4, -0.2) is 25.2 Å². The Morgan fingerprint density at radius 1 is 1.11 bits per heavy atom. The number of thiocarbonyl (C=S) groups is 1. The van der Waals surface area contributed by atoms with Crippen LogP contribution < -0.4 is 25.4 Å². The number of methoxy groups -OCH3 is 2. The second-order valence-electron chi connectivity index (χ2n) is 6.45. The van der Waals surface area contributed by atoms with Gasteiger partial charge >= 0.3 is 0 Å². The van der Waals surface area contributed by atoms with E-state index in [1.807, 2.05) is 56.3 Å². The van der Waals surface area contributed by atoms with Gasteiger partial charge in [-0.25, -0.2) is 0 Å². The van der Waals surface area contributed by atoms with Crippen LogP contribution in [0.1, 0.15) is 24.1 Å². The summed E-state index contributed by atoms with van der Waals surface area (Å²) >= 11 is 5.33. The summed E-state index contributed by atoms with van der Waals surface area (Å²) in [7, 11) is 3.19. The normalized spacial score (nSPS) is 16.1. The molecule has 0 fully saturated rings. The summed E-state index contributed by atoms with van der Waals surface area (Å²) in [6.07, 6.45) is 0. The van der Waals surface area contributed by atoms with Crippen molar-refractivity contribution < 1.29 is 14.3 Å². The molecule has 1 amide bonds. The van der Waals surface area contributed by atoms with Gasteiger partial charge in [-0.3, -0.25) is 4.79 Å². The van der Waals surface area contributed by atoms with E-state index in [4.69, 9.17) is 21.7 Å². The number of amides is 1. The van der Waals surface area contributed by atoms with E-state index >= 15 is 0 Å². The van der Waals surface area contributed by atoms with Crippen molar-refractivity contribution in [2.24, 2.45) is 0 Å². The number of carbonyl (C=O) groups is 1. The Morgan fingerprint density at radius 2 is 1.86 bits per heavy atom. The monoisotopic (exact) mass is 397 g/mol. The number of carbonyl (C=O) groups excluding carboxylic acids is 1. The van der Waals surface area contributed by atoms with Crippen molar-refractivity contribution in [2.75, 3.05) is 19.5 Å². The highest BCUT2D eigenvalue weighted by Gasteiger charge is 2.32. The van der Waals surface area contributed by atoms with Gasteiger partial charge in [0.05, 0.1) is 25.8 Å². The SMILES string of the molecule is COc1ccc(OC)c([C@@H]2NC(=S)NC(C)=C2C(=O)Nc2ccccc2C)c1. The Morgan fingerprint density at radius 3 is 2.54 bits per heavy atom. The number of aryl methyl sites for hydroxylation is 1. The highest BCUT2D eigenvalue weighted by molar-refractivity contribution is 7.80. The molecule has 2 aromatic carbocycles. The quantitative estimate of drug-likeness (QED) is 0.672. The van der Waals surface area contributed by atoms with Crippen LogP contribution in [0.4, 0.5) is 5.69 Å². The third-order valence-corrected chi connectivity index (χ3v) is 4.87. The maximum atomic E-state index is 13.2. The van der Waals surface area contributed by atoms with Crippen LogP contribution in [0, 0.1) is 6.92 Å².